The van der Waals surface area contributed by atoms with E-state index in [9.17, 15) is 14.9 Å². The van der Waals surface area contributed by atoms with Crippen molar-refractivity contribution in [3.05, 3.63) is 34.4 Å². The summed E-state index contributed by atoms with van der Waals surface area (Å²) in [4.78, 5) is 22.4. The van der Waals surface area contributed by atoms with E-state index in [-0.39, 0.29) is 22.9 Å². The van der Waals surface area contributed by atoms with E-state index < -0.39 is 4.92 Å². The molecule has 1 heterocycles. The van der Waals surface area contributed by atoms with Crippen molar-refractivity contribution in [1.82, 2.24) is 5.32 Å². The maximum atomic E-state index is 11.4. The third-order valence-electron chi connectivity index (χ3n) is 2.90. The average Bonchev–Trinajstić information content (AvgIpc) is 2.36. The third-order valence-corrected chi connectivity index (χ3v) is 4.14. The van der Waals surface area contributed by atoms with Crippen molar-refractivity contribution < 1.29 is 9.72 Å². The molecule has 6 heteroatoms. The van der Waals surface area contributed by atoms with Gasteiger partial charge in [-0.2, -0.15) is 0 Å². The maximum absolute atomic E-state index is 11.4. The van der Waals surface area contributed by atoms with Gasteiger partial charge in [0.25, 0.3) is 5.69 Å². The van der Waals surface area contributed by atoms with Crippen molar-refractivity contribution in [3.8, 4) is 0 Å². The second-order valence-electron chi connectivity index (χ2n) is 4.19. The van der Waals surface area contributed by atoms with Gasteiger partial charge in [0, 0.05) is 17.0 Å². The maximum Gasteiger partial charge on any atom is 0.269 e. The Morgan fingerprint density at radius 2 is 2.06 bits per heavy atom. The number of β-lactam (4-membered cyclic amide) rings is 1. The zero-order valence-electron chi connectivity index (χ0n) is 9.96. The minimum atomic E-state index is -0.417. The van der Waals surface area contributed by atoms with E-state index in [4.69, 9.17) is 0 Å². The van der Waals surface area contributed by atoms with Gasteiger partial charge < -0.3 is 5.32 Å². The zero-order valence-corrected chi connectivity index (χ0v) is 10.8. The van der Waals surface area contributed by atoms with E-state index in [1.807, 2.05) is 0 Å². The smallest absolute Gasteiger partial charge is 0.269 e. The molecular formula is C12H14N2O3S. The molecule has 0 aromatic heterocycles. The number of nitrogens with one attached hydrogen (secondary N) is 1. The highest BCUT2D eigenvalue weighted by molar-refractivity contribution is 8.00. The highest BCUT2D eigenvalue weighted by atomic mass is 32.2. The molecule has 0 bridgehead atoms. The summed E-state index contributed by atoms with van der Waals surface area (Å²) in [6.45, 7) is 2.05. The standard InChI is InChI=1S/C12H14N2O3S/c1-2-3-10-11(15)13-12(10)18-9-6-4-8(5-7-9)14(16)17/h4-7,10,12H,2-3H2,1H3,(H,13,15). The molecule has 2 rings (SSSR count). The molecule has 1 saturated heterocycles. The van der Waals surface area contributed by atoms with Crippen LogP contribution in [0.2, 0.25) is 0 Å². The molecule has 0 aliphatic carbocycles. The summed E-state index contributed by atoms with van der Waals surface area (Å²) in [5.41, 5.74) is 0.0853. The summed E-state index contributed by atoms with van der Waals surface area (Å²) in [6, 6.07) is 6.40. The van der Waals surface area contributed by atoms with Crippen LogP contribution in [0.3, 0.4) is 0 Å². The lowest BCUT2D eigenvalue weighted by Gasteiger charge is -2.36. The Labute approximate surface area is 109 Å². The number of non-ortho nitro benzene ring substituents is 1. The molecule has 0 spiro atoms. The Bertz CT molecular complexity index is 461. The molecule has 96 valence electrons. The molecule has 0 radical (unpaired) electrons. The first-order chi connectivity index (χ1) is 8.61. The Balaban J connectivity index is 1.97. The van der Waals surface area contributed by atoms with Gasteiger partial charge in [0.15, 0.2) is 0 Å². The number of nitro groups is 1. The van der Waals surface area contributed by atoms with Crippen LogP contribution in [0.1, 0.15) is 19.8 Å². The fourth-order valence-corrected chi connectivity index (χ4v) is 3.07. The van der Waals surface area contributed by atoms with Gasteiger partial charge in [-0.15, -0.1) is 11.8 Å². The van der Waals surface area contributed by atoms with Crippen LogP contribution in [-0.4, -0.2) is 16.2 Å². The normalized spacial score (nSPS) is 22.2. The molecule has 1 aromatic carbocycles. The van der Waals surface area contributed by atoms with Crippen LogP contribution in [0.4, 0.5) is 5.69 Å². The van der Waals surface area contributed by atoms with Crippen molar-refractivity contribution in [3.63, 3.8) is 0 Å². The molecule has 1 fully saturated rings. The number of amides is 1. The minimum Gasteiger partial charge on any atom is -0.343 e. The van der Waals surface area contributed by atoms with Gasteiger partial charge in [0.2, 0.25) is 5.91 Å². The average molecular weight is 266 g/mol. The van der Waals surface area contributed by atoms with Gasteiger partial charge >= 0.3 is 0 Å². The third kappa shape index (κ3) is 2.64. The first-order valence-corrected chi connectivity index (χ1v) is 6.71. The molecule has 1 aromatic rings. The minimum absolute atomic E-state index is 0.0650. The van der Waals surface area contributed by atoms with Crippen molar-refractivity contribution in [2.45, 2.75) is 30.0 Å². The summed E-state index contributed by atoms with van der Waals surface area (Å²) in [7, 11) is 0. The van der Waals surface area contributed by atoms with Crippen LogP contribution in [0.25, 0.3) is 0 Å². The van der Waals surface area contributed by atoms with Crippen molar-refractivity contribution in [2.24, 2.45) is 5.92 Å². The van der Waals surface area contributed by atoms with Crippen LogP contribution >= 0.6 is 11.8 Å². The summed E-state index contributed by atoms with van der Waals surface area (Å²) >= 11 is 1.55. The molecule has 1 aliphatic heterocycles. The number of hydrogen-bond acceptors (Lipinski definition) is 4. The van der Waals surface area contributed by atoms with Gasteiger partial charge in [-0.3, -0.25) is 14.9 Å². The Kier molecular flexibility index (Phi) is 3.86. The zero-order chi connectivity index (χ0) is 13.1. The van der Waals surface area contributed by atoms with Crippen LogP contribution in [0.15, 0.2) is 29.2 Å². The summed E-state index contributed by atoms with van der Waals surface area (Å²) in [5.74, 6) is 0.173. The predicted molar refractivity (Wildman–Crippen MR) is 69.3 cm³/mol. The van der Waals surface area contributed by atoms with Crippen molar-refractivity contribution in [2.75, 3.05) is 0 Å². The van der Waals surface area contributed by atoms with Crippen LogP contribution in [0.5, 0.6) is 0 Å². The van der Waals surface area contributed by atoms with Crippen molar-refractivity contribution in [1.29, 1.82) is 0 Å². The summed E-state index contributed by atoms with van der Waals surface area (Å²) in [6.07, 6.45) is 1.87. The topological polar surface area (TPSA) is 72.2 Å². The van der Waals surface area contributed by atoms with E-state index in [1.165, 1.54) is 12.1 Å². The number of thioether (sulfide) groups is 1. The number of carbonyl (C=O) groups excluding carboxylic acids is 1. The lowest BCUT2D eigenvalue weighted by molar-refractivity contribution is -0.384. The number of nitro benzene ring substituents is 1. The van der Waals surface area contributed by atoms with Gasteiger partial charge in [-0.05, 0) is 18.6 Å². The Hall–Kier alpha value is -1.56. The van der Waals surface area contributed by atoms with Gasteiger partial charge in [0.05, 0.1) is 16.2 Å². The molecule has 0 saturated carbocycles. The fraction of sp³-hybridized carbons (Fsp3) is 0.417. The lowest BCUT2D eigenvalue weighted by Crippen LogP contribution is -2.56. The second kappa shape index (κ2) is 5.39. The van der Waals surface area contributed by atoms with Crippen LogP contribution in [-0.2, 0) is 4.79 Å². The van der Waals surface area contributed by atoms with E-state index in [0.717, 1.165) is 17.7 Å². The Morgan fingerprint density at radius 3 is 2.56 bits per heavy atom. The van der Waals surface area contributed by atoms with E-state index in [1.54, 1.807) is 23.9 Å². The molecule has 2 atom stereocenters. The molecule has 5 nitrogen and oxygen atoms in total. The fourth-order valence-electron chi connectivity index (χ4n) is 1.89. The summed E-state index contributed by atoms with van der Waals surface area (Å²) in [5, 5.41) is 13.5. The SMILES string of the molecule is CCCC1C(=O)NC1Sc1ccc([N+](=O)[O-])cc1. The number of hydrogen-bond donors (Lipinski definition) is 1. The van der Waals surface area contributed by atoms with Crippen LogP contribution in [0, 0.1) is 16.0 Å². The van der Waals surface area contributed by atoms with E-state index in [0.29, 0.717) is 0 Å². The quantitative estimate of drug-likeness (QED) is 0.505. The number of nitrogens with zero attached hydrogens (tertiary/aromatic N) is 1. The monoisotopic (exact) mass is 266 g/mol. The van der Waals surface area contributed by atoms with Gasteiger partial charge in [0.1, 0.15) is 0 Å². The highest BCUT2D eigenvalue weighted by Gasteiger charge is 2.38. The molecule has 1 amide bonds. The van der Waals surface area contributed by atoms with Crippen LogP contribution < -0.4 is 5.32 Å². The molecule has 2 unspecified atom stereocenters. The number of rotatable bonds is 5. The Morgan fingerprint density at radius 1 is 1.39 bits per heavy atom. The summed E-state index contributed by atoms with van der Waals surface area (Å²) < 4.78 is 0. The number of carbonyl (C=O) groups is 1. The first kappa shape index (κ1) is 12.9. The molecular weight excluding hydrogens is 252 g/mol. The van der Waals surface area contributed by atoms with Gasteiger partial charge in [-0.1, -0.05) is 13.3 Å². The first-order valence-electron chi connectivity index (χ1n) is 5.83. The molecule has 18 heavy (non-hydrogen) atoms. The largest absolute Gasteiger partial charge is 0.343 e. The van der Waals surface area contributed by atoms with Crippen molar-refractivity contribution >= 4 is 23.4 Å². The second-order valence-corrected chi connectivity index (χ2v) is 5.41. The van der Waals surface area contributed by atoms with Gasteiger partial charge in [-0.25, -0.2) is 0 Å². The molecule has 1 aliphatic rings. The van der Waals surface area contributed by atoms with E-state index in [2.05, 4.69) is 12.2 Å². The predicted octanol–water partition coefficient (Wildman–Crippen LogP) is 2.56. The van der Waals surface area contributed by atoms with E-state index >= 15 is 0 Å². The highest BCUT2D eigenvalue weighted by Crippen LogP contribution is 2.34. The number of benzene rings is 1. The molecule has 1 N–H and O–H groups in total. The lowest BCUT2D eigenvalue weighted by atomic mass is 9.96.